The van der Waals surface area contributed by atoms with Crippen LogP contribution in [0.15, 0.2) is 30.3 Å². The molecule has 0 N–H and O–H groups in total. The fourth-order valence-corrected chi connectivity index (χ4v) is 2.20. The molecule has 0 aromatic heterocycles. The lowest BCUT2D eigenvalue weighted by atomic mass is 10.0. The second-order valence-electron chi connectivity index (χ2n) is 4.61. The lowest BCUT2D eigenvalue weighted by molar-refractivity contribution is 0.261. The average molecular weight is 219 g/mol. The molecule has 0 bridgehead atoms. The summed E-state index contributed by atoms with van der Waals surface area (Å²) in [6.07, 6.45) is 2.50. The fourth-order valence-electron chi connectivity index (χ4n) is 2.20. The molecule has 1 nitrogen and oxygen atoms in total. The predicted molar refractivity (Wildman–Crippen MR) is 71.9 cm³/mol. The van der Waals surface area contributed by atoms with Gasteiger partial charge in [0.15, 0.2) is 0 Å². The van der Waals surface area contributed by atoms with Gasteiger partial charge in [-0.25, -0.2) is 0 Å². The summed E-state index contributed by atoms with van der Waals surface area (Å²) in [5, 5.41) is 0. The highest BCUT2D eigenvalue weighted by Gasteiger charge is 2.10. The Hall–Kier alpha value is -0.820. The standard InChI is InChI=1S/C15H25N/c1-4-11-16(12-5-2)13-14(3)15-9-7-6-8-10-15/h6-10,14H,4-5,11-13H2,1-3H3. The largest absolute Gasteiger partial charge is 0.303 e. The minimum atomic E-state index is 0.638. The van der Waals surface area contributed by atoms with E-state index in [-0.39, 0.29) is 0 Å². The first-order valence-corrected chi connectivity index (χ1v) is 6.55. The molecule has 0 fully saturated rings. The van der Waals surface area contributed by atoms with Gasteiger partial charge in [0.2, 0.25) is 0 Å². The normalized spacial score (nSPS) is 13.0. The molecule has 1 atom stereocenters. The third kappa shape index (κ3) is 4.36. The summed E-state index contributed by atoms with van der Waals surface area (Å²) in [4.78, 5) is 2.58. The Labute approximate surface area is 100 Å². The zero-order valence-electron chi connectivity index (χ0n) is 10.9. The highest BCUT2D eigenvalue weighted by molar-refractivity contribution is 5.18. The Morgan fingerprint density at radius 2 is 1.56 bits per heavy atom. The Morgan fingerprint density at radius 1 is 1.00 bits per heavy atom. The van der Waals surface area contributed by atoms with Crippen LogP contribution in [0.25, 0.3) is 0 Å². The molecular formula is C15H25N. The van der Waals surface area contributed by atoms with Crippen molar-refractivity contribution in [2.75, 3.05) is 19.6 Å². The van der Waals surface area contributed by atoms with E-state index in [1.807, 2.05) is 0 Å². The van der Waals surface area contributed by atoms with Gasteiger partial charge in [-0.05, 0) is 37.4 Å². The summed E-state index contributed by atoms with van der Waals surface area (Å²) in [5.41, 5.74) is 1.46. The number of rotatable bonds is 7. The minimum absolute atomic E-state index is 0.638. The van der Waals surface area contributed by atoms with Crippen molar-refractivity contribution in [2.24, 2.45) is 0 Å². The molecule has 1 aromatic rings. The lowest BCUT2D eigenvalue weighted by Gasteiger charge is -2.25. The molecule has 0 saturated carbocycles. The van der Waals surface area contributed by atoms with Gasteiger partial charge >= 0.3 is 0 Å². The van der Waals surface area contributed by atoms with Crippen LogP contribution in [0.2, 0.25) is 0 Å². The summed E-state index contributed by atoms with van der Waals surface area (Å²) in [6.45, 7) is 10.5. The Morgan fingerprint density at radius 3 is 2.06 bits per heavy atom. The molecule has 1 unspecified atom stereocenters. The zero-order chi connectivity index (χ0) is 11.8. The summed E-state index contributed by atoms with van der Waals surface area (Å²) < 4.78 is 0. The summed E-state index contributed by atoms with van der Waals surface area (Å²) >= 11 is 0. The van der Waals surface area contributed by atoms with Crippen LogP contribution in [-0.2, 0) is 0 Å². The van der Waals surface area contributed by atoms with Gasteiger partial charge < -0.3 is 4.90 Å². The van der Waals surface area contributed by atoms with E-state index >= 15 is 0 Å². The van der Waals surface area contributed by atoms with Crippen molar-refractivity contribution in [2.45, 2.75) is 39.5 Å². The van der Waals surface area contributed by atoms with Crippen molar-refractivity contribution in [3.63, 3.8) is 0 Å². The van der Waals surface area contributed by atoms with E-state index in [1.54, 1.807) is 0 Å². The molecule has 0 heterocycles. The second kappa shape index (κ2) is 7.45. The molecule has 90 valence electrons. The molecular weight excluding hydrogens is 194 g/mol. The minimum Gasteiger partial charge on any atom is -0.303 e. The molecule has 16 heavy (non-hydrogen) atoms. The van der Waals surface area contributed by atoms with Gasteiger partial charge in [-0.1, -0.05) is 51.1 Å². The summed E-state index contributed by atoms with van der Waals surface area (Å²) in [7, 11) is 0. The van der Waals surface area contributed by atoms with Crippen LogP contribution >= 0.6 is 0 Å². The molecule has 0 aliphatic rings. The van der Waals surface area contributed by atoms with Gasteiger partial charge in [0.25, 0.3) is 0 Å². The van der Waals surface area contributed by atoms with Crippen LogP contribution in [0.5, 0.6) is 0 Å². The number of benzene rings is 1. The van der Waals surface area contributed by atoms with E-state index < -0.39 is 0 Å². The first kappa shape index (κ1) is 13.2. The molecule has 0 amide bonds. The molecule has 0 saturated heterocycles. The van der Waals surface area contributed by atoms with Crippen LogP contribution in [0.3, 0.4) is 0 Å². The third-order valence-electron chi connectivity index (χ3n) is 2.98. The van der Waals surface area contributed by atoms with Gasteiger partial charge in [0.05, 0.1) is 0 Å². The van der Waals surface area contributed by atoms with Crippen molar-refractivity contribution in [3.8, 4) is 0 Å². The maximum Gasteiger partial charge on any atom is 0.00476 e. The molecule has 0 radical (unpaired) electrons. The number of hydrogen-bond donors (Lipinski definition) is 0. The monoisotopic (exact) mass is 219 g/mol. The van der Waals surface area contributed by atoms with Crippen LogP contribution in [-0.4, -0.2) is 24.5 Å². The van der Waals surface area contributed by atoms with Gasteiger partial charge in [-0.3, -0.25) is 0 Å². The van der Waals surface area contributed by atoms with Crippen molar-refractivity contribution in [1.82, 2.24) is 4.90 Å². The van der Waals surface area contributed by atoms with E-state index in [9.17, 15) is 0 Å². The van der Waals surface area contributed by atoms with Crippen molar-refractivity contribution < 1.29 is 0 Å². The molecule has 0 spiro atoms. The van der Waals surface area contributed by atoms with Gasteiger partial charge in [-0.2, -0.15) is 0 Å². The van der Waals surface area contributed by atoms with Gasteiger partial charge in [-0.15, -0.1) is 0 Å². The first-order chi connectivity index (χ1) is 7.77. The Balaban J connectivity index is 2.50. The lowest BCUT2D eigenvalue weighted by Crippen LogP contribution is -2.29. The third-order valence-corrected chi connectivity index (χ3v) is 2.98. The van der Waals surface area contributed by atoms with Crippen LogP contribution in [0.1, 0.15) is 45.1 Å². The van der Waals surface area contributed by atoms with E-state index in [4.69, 9.17) is 0 Å². The Kier molecular flexibility index (Phi) is 6.17. The van der Waals surface area contributed by atoms with Crippen molar-refractivity contribution >= 4 is 0 Å². The second-order valence-corrected chi connectivity index (χ2v) is 4.61. The zero-order valence-corrected chi connectivity index (χ0v) is 10.9. The van der Waals surface area contributed by atoms with E-state index in [0.29, 0.717) is 5.92 Å². The highest BCUT2D eigenvalue weighted by Crippen LogP contribution is 2.16. The maximum atomic E-state index is 2.58. The maximum absolute atomic E-state index is 2.58. The molecule has 1 rings (SSSR count). The first-order valence-electron chi connectivity index (χ1n) is 6.55. The van der Waals surface area contributed by atoms with E-state index in [0.717, 1.165) is 0 Å². The van der Waals surface area contributed by atoms with Gasteiger partial charge in [0.1, 0.15) is 0 Å². The summed E-state index contributed by atoms with van der Waals surface area (Å²) in [5.74, 6) is 0.638. The quantitative estimate of drug-likeness (QED) is 0.672. The van der Waals surface area contributed by atoms with Crippen molar-refractivity contribution in [1.29, 1.82) is 0 Å². The average Bonchev–Trinajstić information content (AvgIpc) is 2.31. The van der Waals surface area contributed by atoms with Crippen LogP contribution in [0, 0.1) is 0 Å². The Bertz CT molecular complexity index is 262. The highest BCUT2D eigenvalue weighted by atomic mass is 15.1. The van der Waals surface area contributed by atoms with Crippen LogP contribution in [0.4, 0.5) is 0 Å². The number of nitrogens with zero attached hydrogens (tertiary/aromatic N) is 1. The van der Waals surface area contributed by atoms with E-state index in [1.165, 1.54) is 38.0 Å². The summed E-state index contributed by atoms with van der Waals surface area (Å²) in [6, 6.07) is 10.8. The number of hydrogen-bond acceptors (Lipinski definition) is 1. The SMILES string of the molecule is CCCN(CCC)CC(C)c1ccccc1. The van der Waals surface area contributed by atoms with Crippen molar-refractivity contribution in [3.05, 3.63) is 35.9 Å². The topological polar surface area (TPSA) is 3.24 Å². The van der Waals surface area contributed by atoms with E-state index in [2.05, 4.69) is 56.0 Å². The fraction of sp³-hybridized carbons (Fsp3) is 0.600. The predicted octanol–water partition coefficient (Wildman–Crippen LogP) is 3.91. The molecule has 0 aliphatic carbocycles. The molecule has 1 heteroatoms. The molecule has 1 aromatic carbocycles. The molecule has 0 aliphatic heterocycles. The smallest absolute Gasteiger partial charge is 0.00476 e. The van der Waals surface area contributed by atoms with Gasteiger partial charge in [0, 0.05) is 6.54 Å². The van der Waals surface area contributed by atoms with Crippen LogP contribution < -0.4 is 0 Å².